The van der Waals surface area contributed by atoms with E-state index in [9.17, 15) is 0 Å². The summed E-state index contributed by atoms with van der Waals surface area (Å²) in [4.78, 5) is 0. The first kappa shape index (κ1) is 18.8. The summed E-state index contributed by atoms with van der Waals surface area (Å²) in [5.41, 5.74) is 0. The summed E-state index contributed by atoms with van der Waals surface area (Å²) in [6.45, 7) is 12.8. The predicted octanol–water partition coefficient (Wildman–Crippen LogP) is 2.84. The van der Waals surface area contributed by atoms with Crippen molar-refractivity contribution < 1.29 is 13.3 Å². The molecule has 4 heteroatoms. The minimum Gasteiger partial charge on any atom is -0.359 e. The van der Waals surface area contributed by atoms with Gasteiger partial charge in [0.05, 0.1) is 0 Å². The van der Waals surface area contributed by atoms with Gasteiger partial charge < -0.3 is 13.3 Å². The van der Waals surface area contributed by atoms with Gasteiger partial charge in [-0.1, -0.05) is 17.8 Å². The summed E-state index contributed by atoms with van der Waals surface area (Å²) in [7, 11) is -2.86. The maximum atomic E-state index is 5.90. The van der Waals surface area contributed by atoms with Crippen LogP contribution in [0.2, 0.25) is 6.55 Å². The molecule has 3 nitrogen and oxygen atoms in total. The van der Waals surface area contributed by atoms with E-state index in [4.69, 9.17) is 13.3 Å². The van der Waals surface area contributed by atoms with E-state index in [0.717, 1.165) is 0 Å². The number of rotatable bonds is 6. The van der Waals surface area contributed by atoms with Gasteiger partial charge in [0.25, 0.3) is 0 Å². The third-order valence-corrected chi connectivity index (χ3v) is 4.56. The summed E-state index contributed by atoms with van der Waals surface area (Å²) < 4.78 is 17.7. The minimum absolute atomic E-state index is 0.250. The molecule has 0 aliphatic heterocycles. The van der Waals surface area contributed by atoms with Crippen molar-refractivity contribution in [3.05, 3.63) is 0 Å². The quantitative estimate of drug-likeness (QED) is 0.556. The zero-order valence-electron chi connectivity index (χ0n) is 13.5. The van der Waals surface area contributed by atoms with E-state index >= 15 is 0 Å². The smallest absolute Gasteiger partial charge is 0.359 e. The summed E-state index contributed by atoms with van der Waals surface area (Å²) in [6.07, 6.45) is -0.749. The van der Waals surface area contributed by atoms with Crippen molar-refractivity contribution in [2.45, 2.75) is 66.4 Å². The van der Waals surface area contributed by atoms with Crippen LogP contribution in [0.25, 0.3) is 0 Å². The lowest BCUT2D eigenvalue weighted by Gasteiger charge is -2.30. The van der Waals surface area contributed by atoms with Crippen molar-refractivity contribution in [3.8, 4) is 35.5 Å². The minimum atomic E-state index is -2.86. The lowest BCUT2D eigenvalue weighted by Crippen LogP contribution is -2.48. The van der Waals surface area contributed by atoms with Gasteiger partial charge in [-0.25, -0.2) is 0 Å². The molecule has 0 spiro atoms. The molecule has 0 saturated carbocycles. The Labute approximate surface area is 124 Å². The third-order valence-electron chi connectivity index (χ3n) is 2.22. The molecule has 3 unspecified atom stereocenters. The second-order valence-corrected chi connectivity index (χ2v) is 6.76. The van der Waals surface area contributed by atoms with E-state index in [1.807, 2.05) is 27.3 Å². The van der Waals surface area contributed by atoms with Crippen molar-refractivity contribution in [2.24, 2.45) is 0 Å². The van der Waals surface area contributed by atoms with E-state index in [0.29, 0.717) is 0 Å². The average molecular weight is 292 g/mol. The fourth-order valence-corrected chi connectivity index (χ4v) is 4.01. The zero-order valence-corrected chi connectivity index (χ0v) is 14.5. The van der Waals surface area contributed by atoms with Crippen molar-refractivity contribution in [1.82, 2.24) is 0 Å². The zero-order chi connectivity index (χ0) is 15.6. The van der Waals surface area contributed by atoms with E-state index in [1.165, 1.54) is 0 Å². The standard InChI is InChI=1S/C16H24O3Si/c1-8-11-14(4)17-20(7,18-15(5)12-9-2)19-16(6)13-10-3/h14-16H,1-7H3. The van der Waals surface area contributed by atoms with Gasteiger partial charge in [-0.15, -0.1) is 17.8 Å². The Morgan fingerprint density at radius 1 is 0.650 bits per heavy atom. The van der Waals surface area contributed by atoms with Crippen molar-refractivity contribution in [2.75, 3.05) is 0 Å². The Morgan fingerprint density at radius 2 is 0.900 bits per heavy atom. The largest absolute Gasteiger partial charge is 0.500 e. The van der Waals surface area contributed by atoms with Crippen LogP contribution in [0.15, 0.2) is 0 Å². The molecule has 0 aromatic heterocycles. The molecule has 0 aromatic carbocycles. The molecule has 0 rings (SSSR count). The van der Waals surface area contributed by atoms with Crippen molar-refractivity contribution in [3.63, 3.8) is 0 Å². The van der Waals surface area contributed by atoms with Crippen LogP contribution >= 0.6 is 0 Å². The van der Waals surface area contributed by atoms with Crippen molar-refractivity contribution >= 4 is 8.80 Å². The van der Waals surface area contributed by atoms with Crippen LogP contribution in [0.3, 0.4) is 0 Å². The van der Waals surface area contributed by atoms with Crippen LogP contribution in [0.5, 0.6) is 0 Å². The van der Waals surface area contributed by atoms with Gasteiger partial charge in [0, 0.05) is 6.55 Å². The van der Waals surface area contributed by atoms with Gasteiger partial charge in [0.2, 0.25) is 0 Å². The van der Waals surface area contributed by atoms with Gasteiger partial charge in [-0.2, -0.15) is 0 Å². The average Bonchev–Trinajstić information content (AvgIpc) is 2.28. The first-order valence-electron chi connectivity index (χ1n) is 6.67. The Hall–Kier alpha value is -1.22. The lowest BCUT2D eigenvalue weighted by atomic mass is 10.4. The fourth-order valence-electron chi connectivity index (χ4n) is 1.74. The van der Waals surface area contributed by atoms with E-state index in [-0.39, 0.29) is 18.3 Å². The molecular formula is C16H24O3Si. The number of hydrogen-bond acceptors (Lipinski definition) is 3. The van der Waals surface area contributed by atoms with E-state index in [2.05, 4.69) is 35.5 Å². The van der Waals surface area contributed by atoms with Gasteiger partial charge in [-0.3, -0.25) is 0 Å². The highest BCUT2D eigenvalue weighted by Gasteiger charge is 2.39. The van der Waals surface area contributed by atoms with Gasteiger partial charge in [0.15, 0.2) is 0 Å². The van der Waals surface area contributed by atoms with Gasteiger partial charge >= 0.3 is 8.80 Å². The normalized spacial score (nSPS) is 16.9. The SMILES string of the molecule is CC#CC(C)O[Si](C)(OC(C)C#CC)OC(C)C#CC. The topological polar surface area (TPSA) is 27.7 Å². The predicted molar refractivity (Wildman–Crippen MR) is 83.6 cm³/mol. The first-order chi connectivity index (χ1) is 9.36. The maximum Gasteiger partial charge on any atom is 0.500 e. The molecule has 0 saturated heterocycles. The molecule has 3 atom stereocenters. The lowest BCUT2D eigenvalue weighted by molar-refractivity contribution is 0.0330. The Bertz CT molecular complexity index is 398. The van der Waals surface area contributed by atoms with Crippen LogP contribution in [0.1, 0.15) is 41.5 Å². The Morgan fingerprint density at radius 3 is 1.10 bits per heavy atom. The highest BCUT2D eigenvalue weighted by atomic mass is 28.4. The van der Waals surface area contributed by atoms with Crippen molar-refractivity contribution in [1.29, 1.82) is 0 Å². The molecule has 0 aliphatic carbocycles. The monoisotopic (exact) mass is 292 g/mol. The summed E-state index contributed by atoms with van der Waals surface area (Å²) in [5.74, 6) is 17.3. The highest BCUT2D eigenvalue weighted by Crippen LogP contribution is 2.17. The van der Waals surface area contributed by atoms with Crippen LogP contribution in [-0.2, 0) is 13.3 Å². The molecular weight excluding hydrogens is 268 g/mol. The summed E-state index contributed by atoms with van der Waals surface area (Å²) in [5, 5.41) is 0. The van der Waals surface area contributed by atoms with Gasteiger partial charge in [-0.05, 0) is 41.5 Å². The molecule has 20 heavy (non-hydrogen) atoms. The molecule has 0 aromatic rings. The second kappa shape index (κ2) is 9.64. The van der Waals surface area contributed by atoms with Crippen LogP contribution in [0, 0.1) is 35.5 Å². The molecule has 0 bridgehead atoms. The Kier molecular flexibility index (Phi) is 9.05. The molecule has 0 heterocycles. The van der Waals surface area contributed by atoms with E-state index in [1.54, 1.807) is 20.8 Å². The molecule has 0 radical (unpaired) electrons. The van der Waals surface area contributed by atoms with Gasteiger partial charge in [0.1, 0.15) is 18.3 Å². The Balaban J connectivity index is 5.00. The van der Waals surface area contributed by atoms with E-state index < -0.39 is 8.80 Å². The van der Waals surface area contributed by atoms with Crippen LogP contribution in [0.4, 0.5) is 0 Å². The molecule has 110 valence electrons. The summed E-state index contributed by atoms with van der Waals surface area (Å²) in [6, 6.07) is 0. The summed E-state index contributed by atoms with van der Waals surface area (Å²) >= 11 is 0. The highest BCUT2D eigenvalue weighted by molar-refractivity contribution is 6.59. The maximum absolute atomic E-state index is 5.90. The van der Waals surface area contributed by atoms with Crippen LogP contribution in [-0.4, -0.2) is 27.1 Å². The fraction of sp³-hybridized carbons (Fsp3) is 0.625. The van der Waals surface area contributed by atoms with Crippen LogP contribution < -0.4 is 0 Å². The second-order valence-electron chi connectivity index (χ2n) is 4.33. The first-order valence-corrected chi connectivity index (χ1v) is 8.89. The molecule has 0 fully saturated rings. The molecule has 0 N–H and O–H groups in total. The molecule has 0 amide bonds. The number of hydrogen-bond donors (Lipinski definition) is 0. The molecule has 0 aliphatic rings. The third kappa shape index (κ3) is 8.05.